The van der Waals surface area contributed by atoms with Crippen LogP contribution in [0.15, 0.2) is 24.3 Å². The van der Waals surface area contributed by atoms with E-state index in [1.807, 2.05) is 0 Å². The van der Waals surface area contributed by atoms with Gasteiger partial charge in [-0.05, 0) is 20.4 Å². The number of esters is 3. The molecule has 0 saturated heterocycles. The fourth-order valence-corrected chi connectivity index (χ4v) is 4.22. The van der Waals surface area contributed by atoms with Gasteiger partial charge in [-0.25, -0.2) is 19.2 Å². The number of carbonyl (C=O) groups is 5. The minimum absolute atomic E-state index is 0.00477. The summed E-state index contributed by atoms with van der Waals surface area (Å²) in [5.74, 6) is -1.59. The number of hydrogen-bond acceptors (Lipinski definition) is 13. The molecule has 0 aromatic rings. The summed E-state index contributed by atoms with van der Waals surface area (Å²) >= 11 is 1.29. The largest absolute Gasteiger partial charge is 0.464 e. The van der Waals surface area contributed by atoms with Crippen LogP contribution in [0.4, 0.5) is 9.59 Å². The number of rotatable bonds is 20. The molecule has 0 aliphatic heterocycles. The van der Waals surface area contributed by atoms with Crippen LogP contribution < -0.4 is 10.6 Å². The standard InChI is InChI=1S/C25H42N2O12SSi/c1-17(2)21(28)35-11-9-26-24(31)37-13-20(39-25(32)27-10-12-36-22(29)18(3)4)15-40-14-19(5)23(30)38-16-41(8,33-6)34-7/h19-20H,1,3,9-16H2,2,4-8H3,(H,26,31)(H,27,32). The lowest BCUT2D eigenvalue weighted by atomic mass is 10.2. The van der Waals surface area contributed by atoms with Crippen LogP contribution >= 0.6 is 11.8 Å². The highest BCUT2D eigenvalue weighted by Crippen LogP contribution is 2.15. The molecule has 0 fully saturated rings. The fourth-order valence-electron chi connectivity index (χ4n) is 2.36. The first-order valence-corrected chi connectivity index (χ1v) is 16.3. The molecule has 234 valence electrons. The van der Waals surface area contributed by atoms with E-state index < -0.39 is 50.7 Å². The molecule has 0 radical (unpaired) electrons. The summed E-state index contributed by atoms with van der Waals surface area (Å²) in [4.78, 5) is 59.4. The number of amides is 2. The second-order valence-corrected chi connectivity index (χ2v) is 13.3. The predicted molar refractivity (Wildman–Crippen MR) is 152 cm³/mol. The van der Waals surface area contributed by atoms with Crippen molar-refractivity contribution >= 4 is 50.4 Å². The van der Waals surface area contributed by atoms with Crippen molar-refractivity contribution in [2.45, 2.75) is 33.4 Å². The van der Waals surface area contributed by atoms with Gasteiger partial charge in [0, 0.05) is 36.9 Å². The van der Waals surface area contributed by atoms with E-state index in [9.17, 15) is 24.0 Å². The van der Waals surface area contributed by atoms with E-state index in [0.29, 0.717) is 5.75 Å². The van der Waals surface area contributed by atoms with Gasteiger partial charge in [0.1, 0.15) is 32.2 Å². The van der Waals surface area contributed by atoms with E-state index >= 15 is 0 Å². The Morgan fingerprint density at radius 3 is 1.80 bits per heavy atom. The van der Waals surface area contributed by atoms with Crippen LogP contribution in [0, 0.1) is 5.92 Å². The summed E-state index contributed by atoms with van der Waals surface area (Å²) in [6.45, 7) is 12.9. The molecule has 0 saturated carbocycles. The van der Waals surface area contributed by atoms with Crippen LogP contribution in [0.3, 0.4) is 0 Å². The number of alkyl carbamates (subject to hydrolysis) is 2. The van der Waals surface area contributed by atoms with Crippen molar-refractivity contribution < 1.29 is 56.5 Å². The van der Waals surface area contributed by atoms with E-state index in [-0.39, 0.29) is 56.0 Å². The molecule has 0 heterocycles. The van der Waals surface area contributed by atoms with Crippen LogP contribution in [0.1, 0.15) is 20.8 Å². The van der Waals surface area contributed by atoms with Gasteiger partial charge >= 0.3 is 38.7 Å². The highest BCUT2D eigenvalue weighted by atomic mass is 32.2. The quantitative estimate of drug-likeness (QED) is 0.0663. The lowest BCUT2D eigenvalue weighted by Crippen LogP contribution is -2.43. The molecule has 16 heteroatoms. The molecule has 0 aromatic carbocycles. The lowest BCUT2D eigenvalue weighted by Gasteiger charge is -2.23. The third kappa shape index (κ3) is 18.1. The molecule has 14 nitrogen and oxygen atoms in total. The molecule has 0 rings (SSSR count). The van der Waals surface area contributed by atoms with E-state index in [1.165, 1.54) is 39.8 Å². The fraction of sp³-hybridized carbons (Fsp3) is 0.640. The van der Waals surface area contributed by atoms with Crippen LogP contribution in [-0.4, -0.2) is 110 Å². The van der Waals surface area contributed by atoms with Gasteiger partial charge < -0.3 is 43.2 Å². The van der Waals surface area contributed by atoms with E-state index in [4.69, 9.17) is 32.5 Å². The number of carbonyl (C=O) groups excluding carboxylic acids is 5. The normalized spacial score (nSPS) is 12.2. The Hall–Kier alpha value is -3.08. The van der Waals surface area contributed by atoms with Crippen LogP contribution in [0.2, 0.25) is 6.55 Å². The monoisotopic (exact) mass is 622 g/mol. The Morgan fingerprint density at radius 2 is 1.32 bits per heavy atom. The minimum Gasteiger partial charge on any atom is -0.464 e. The van der Waals surface area contributed by atoms with E-state index in [2.05, 4.69) is 23.8 Å². The Bertz CT molecular complexity index is 913. The first kappa shape index (κ1) is 37.9. The van der Waals surface area contributed by atoms with Gasteiger partial charge in [0.2, 0.25) is 0 Å². The molecule has 0 aliphatic rings. The lowest BCUT2D eigenvalue weighted by molar-refractivity contribution is -0.146. The van der Waals surface area contributed by atoms with Crippen molar-refractivity contribution in [2.24, 2.45) is 5.92 Å². The van der Waals surface area contributed by atoms with Crippen molar-refractivity contribution in [3.05, 3.63) is 24.3 Å². The SMILES string of the molecule is C=C(C)C(=O)OCCNC(=O)OCC(CSCC(C)C(=O)OC[Si](C)(OC)OC)OC(=O)NCCOC(=O)C(=C)C. The van der Waals surface area contributed by atoms with Gasteiger partial charge in [-0.15, -0.1) is 0 Å². The third-order valence-corrected chi connectivity index (χ3v) is 8.73. The second-order valence-electron chi connectivity index (χ2n) is 8.90. The number of nitrogens with one attached hydrogen (secondary N) is 2. The molecule has 0 aromatic heterocycles. The van der Waals surface area contributed by atoms with Crippen molar-refractivity contribution in [3.8, 4) is 0 Å². The molecule has 2 amide bonds. The predicted octanol–water partition coefficient (Wildman–Crippen LogP) is 1.86. The van der Waals surface area contributed by atoms with Crippen LogP contribution in [0.25, 0.3) is 0 Å². The molecular weight excluding hydrogens is 580 g/mol. The Labute approximate surface area is 246 Å². The number of hydrogen-bond donors (Lipinski definition) is 2. The molecule has 41 heavy (non-hydrogen) atoms. The van der Waals surface area contributed by atoms with Gasteiger partial charge in [-0.1, -0.05) is 20.1 Å². The van der Waals surface area contributed by atoms with Gasteiger partial charge in [0.25, 0.3) is 0 Å². The van der Waals surface area contributed by atoms with E-state index in [1.54, 1.807) is 13.5 Å². The maximum Gasteiger partial charge on any atom is 0.407 e. The average Bonchev–Trinajstić information content (AvgIpc) is 2.93. The van der Waals surface area contributed by atoms with Crippen molar-refractivity contribution in [3.63, 3.8) is 0 Å². The first-order valence-electron chi connectivity index (χ1n) is 12.6. The smallest absolute Gasteiger partial charge is 0.407 e. The molecule has 2 atom stereocenters. The van der Waals surface area contributed by atoms with Crippen molar-refractivity contribution in [1.82, 2.24) is 10.6 Å². The van der Waals surface area contributed by atoms with Crippen LogP contribution in [-0.2, 0) is 46.9 Å². The topological polar surface area (TPSA) is 174 Å². The van der Waals surface area contributed by atoms with Crippen LogP contribution in [0.5, 0.6) is 0 Å². The van der Waals surface area contributed by atoms with Crippen molar-refractivity contribution in [2.75, 3.05) is 64.9 Å². The summed E-state index contributed by atoms with van der Waals surface area (Å²) in [7, 11) is 0.416. The zero-order valence-corrected chi connectivity index (χ0v) is 26.3. The summed E-state index contributed by atoms with van der Waals surface area (Å²) < 4.78 is 36.2. The highest BCUT2D eigenvalue weighted by Gasteiger charge is 2.32. The van der Waals surface area contributed by atoms with Gasteiger partial charge in [0.15, 0.2) is 0 Å². The second kappa shape index (κ2) is 20.7. The summed E-state index contributed by atoms with van der Waals surface area (Å²) in [5.41, 5.74) is 0.450. The summed E-state index contributed by atoms with van der Waals surface area (Å²) in [6, 6.07) is 0. The molecule has 0 aliphatic carbocycles. The van der Waals surface area contributed by atoms with Gasteiger partial charge in [-0.3, -0.25) is 4.79 Å². The Kier molecular flexibility index (Phi) is 19.2. The minimum atomic E-state index is -2.57. The maximum atomic E-state index is 12.4. The molecular formula is C25H42N2O12SSi. The number of ether oxygens (including phenoxy) is 5. The molecule has 0 spiro atoms. The van der Waals surface area contributed by atoms with Gasteiger partial charge in [0.05, 0.1) is 19.0 Å². The molecule has 0 bridgehead atoms. The zero-order chi connectivity index (χ0) is 31.4. The summed E-state index contributed by atoms with van der Waals surface area (Å²) in [6.07, 6.45) is -2.49. The molecule has 2 N–H and O–H groups in total. The third-order valence-electron chi connectivity index (χ3n) is 4.99. The Balaban J connectivity index is 4.81. The Morgan fingerprint density at radius 1 is 0.805 bits per heavy atom. The highest BCUT2D eigenvalue weighted by molar-refractivity contribution is 7.99. The van der Waals surface area contributed by atoms with Gasteiger partial charge in [-0.2, -0.15) is 11.8 Å². The number of thioether (sulfide) groups is 1. The average molecular weight is 623 g/mol. The summed E-state index contributed by atoms with van der Waals surface area (Å²) in [5, 5.41) is 4.84. The van der Waals surface area contributed by atoms with E-state index in [0.717, 1.165) is 0 Å². The first-order chi connectivity index (χ1) is 19.2. The molecule has 2 unspecified atom stereocenters. The zero-order valence-electron chi connectivity index (χ0n) is 24.5. The van der Waals surface area contributed by atoms with Crippen molar-refractivity contribution in [1.29, 1.82) is 0 Å². The maximum absolute atomic E-state index is 12.4.